The molecule has 8 nitrogen and oxygen atoms in total. The zero-order valence-corrected chi connectivity index (χ0v) is 25.3. The van der Waals surface area contributed by atoms with Gasteiger partial charge in [0.25, 0.3) is 11.8 Å². The average Bonchev–Trinajstić information content (AvgIpc) is 3.78. The molecule has 1 aliphatic carbocycles. The largest absolute Gasteiger partial charge is 0.493 e. The van der Waals surface area contributed by atoms with Crippen LogP contribution in [0.3, 0.4) is 0 Å². The number of hydrogen-bond acceptors (Lipinski definition) is 6. The molecule has 2 aliphatic rings. The van der Waals surface area contributed by atoms with Crippen molar-refractivity contribution in [3.63, 3.8) is 0 Å². The number of halogens is 3. The van der Waals surface area contributed by atoms with Crippen LogP contribution in [0.4, 0.5) is 18.9 Å². The summed E-state index contributed by atoms with van der Waals surface area (Å²) in [5.41, 5.74) is 1.20. The Bertz CT molecular complexity index is 1640. The Morgan fingerprint density at radius 2 is 1.68 bits per heavy atom. The first-order chi connectivity index (χ1) is 20.9. The maximum Gasteiger partial charge on any atom is 0.417 e. The van der Waals surface area contributed by atoms with E-state index in [1.165, 1.54) is 12.1 Å². The fourth-order valence-corrected chi connectivity index (χ4v) is 5.49. The molecule has 3 aromatic carbocycles. The zero-order chi connectivity index (χ0) is 31.6. The Labute approximate surface area is 255 Å². The van der Waals surface area contributed by atoms with Gasteiger partial charge in [0.05, 0.1) is 30.9 Å². The topological polar surface area (TPSA) is 104 Å². The summed E-state index contributed by atoms with van der Waals surface area (Å²) in [5, 5.41) is 13.9. The number of hydrogen-bond donors (Lipinski definition) is 3. The van der Waals surface area contributed by atoms with E-state index in [-0.39, 0.29) is 28.2 Å². The van der Waals surface area contributed by atoms with E-state index in [2.05, 4.69) is 10.6 Å². The molecule has 1 unspecified atom stereocenters. The molecule has 3 N–H and O–H groups in total. The number of carbonyl (C=O) groups is 2. The van der Waals surface area contributed by atoms with Crippen LogP contribution < -0.4 is 25.4 Å². The average molecular weight is 625 g/mol. The first kappa shape index (κ1) is 31.1. The van der Waals surface area contributed by atoms with Gasteiger partial charge in [-0.05, 0) is 65.7 Å². The van der Waals surface area contributed by atoms with Crippen LogP contribution in [-0.2, 0) is 23.1 Å². The maximum absolute atomic E-state index is 13.3. The van der Waals surface area contributed by atoms with E-state index < -0.39 is 23.2 Å². The summed E-state index contributed by atoms with van der Waals surface area (Å²) < 4.78 is 50.6. The van der Waals surface area contributed by atoms with Gasteiger partial charge in [-0.25, -0.2) is 0 Å². The normalized spacial score (nSPS) is 15.7. The van der Waals surface area contributed by atoms with Crippen molar-refractivity contribution in [1.29, 1.82) is 5.41 Å². The van der Waals surface area contributed by atoms with Crippen LogP contribution in [0.25, 0.3) is 0 Å². The fraction of sp³-hybridized carbons (Fsp3) is 0.281. The number of benzene rings is 3. The molecular weight excluding hydrogens is 592 g/mol. The second-order valence-electron chi connectivity index (χ2n) is 10.8. The molecule has 2 amide bonds. The minimum Gasteiger partial charge on any atom is -0.493 e. The number of amides is 2. The number of methoxy groups -OCH3 is 2. The van der Waals surface area contributed by atoms with Gasteiger partial charge in [0.2, 0.25) is 0 Å². The molecule has 12 heteroatoms. The van der Waals surface area contributed by atoms with Gasteiger partial charge < -0.3 is 30.4 Å². The fourth-order valence-electron chi connectivity index (χ4n) is 5.14. The van der Waals surface area contributed by atoms with Crippen LogP contribution in [0.5, 0.6) is 11.5 Å². The van der Waals surface area contributed by atoms with Crippen molar-refractivity contribution in [2.24, 2.45) is 0 Å². The monoisotopic (exact) mass is 624 g/mol. The summed E-state index contributed by atoms with van der Waals surface area (Å²) in [4.78, 5) is 27.9. The zero-order valence-electron chi connectivity index (χ0n) is 24.2. The first-order valence-corrected chi connectivity index (χ1v) is 14.5. The van der Waals surface area contributed by atoms with Crippen LogP contribution >= 0.6 is 9.24 Å². The molecule has 1 saturated carbocycles. The maximum atomic E-state index is 13.3. The molecule has 0 bridgehead atoms. The lowest BCUT2D eigenvalue weighted by atomic mass is 10.0. The van der Waals surface area contributed by atoms with Crippen LogP contribution in [0.15, 0.2) is 72.4 Å². The highest BCUT2D eigenvalue weighted by Crippen LogP contribution is 2.47. The molecule has 1 aliphatic heterocycles. The van der Waals surface area contributed by atoms with Gasteiger partial charge in [0, 0.05) is 42.7 Å². The Morgan fingerprint density at radius 3 is 2.32 bits per heavy atom. The number of ether oxygens (including phenoxy) is 2. The molecule has 0 radical (unpaired) electrons. The van der Waals surface area contributed by atoms with E-state index in [1.807, 2.05) is 44.5 Å². The van der Waals surface area contributed by atoms with E-state index in [1.54, 1.807) is 32.6 Å². The highest BCUT2D eigenvalue weighted by molar-refractivity contribution is 7.27. The summed E-state index contributed by atoms with van der Waals surface area (Å²) in [6, 6.07) is 16.3. The van der Waals surface area contributed by atoms with Gasteiger partial charge >= 0.3 is 6.18 Å². The Morgan fingerprint density at radius 1 is 0.977 bits per heavy atom. The molecule has 1 heterocycles. The van der Waals surface area contributed by atoms with Crippen LogP contribution in [0.2, 0.25) is 0 Å². The molecule has 0 saturated heterocycles. The standard InChI is InChI=1S/C32H32F3N4O4P/c1-42-26-9-7-21(15-27(26)43-2)31(12-13-31)38-29(40)20-5-3-19(4-6-20)17-39-14-11-25(36)23(18-39)30(41)37-22-8-10-28(44)24(16-22)32(33,34)35/h3-10,15-16,18,36H,11-14,17,44H2,1-2H3,(H,37,41)(H,38,40). The lowest BCUT2D eigenvalue weighted by Crippen LogP contribution is -2.35. The molecule has 5 rings (SSSR count). The van der Waals surface area contributed by atoms with Crippen LogP contribution in [0, 0.1) is 5.41 Å². The van der Waals surface area contributed by atoms with Gasteiger partial charge in [-0.3, -0.25) is 9.59 Å². The van der Waals surface area contributed by atoms with Gasteiger partial charge in [-0.15, -0.1) is 9.24 Å². The predicted octanol–water partition coefficient (Wildman–Crippen LogP) is 5.39. The second kappa shape index (κ2) is 12.3. The SMILES string of the molecule is COc1ccc(C2(NC(=O)c3ccc(CN4C=C(C(=O)Nc5ccc(P)c(C(F)(F)F)c5)C(=N)CC4)cc3)CC2)cc1OC. The second-order valence-corrected chi connectivity index (χ2v) is 11.4. The number of carbonyl (C=O) groups excluding carboxylic acids is 2. The van der Waals surface area contributed by atoms with Gasteiger partial charge in [0.1, 0.15) is 0 Å². The summed E-state index contributed by atoms with van der Waals surface area (Å²) in [6.45, 7) is 0.910. The number of alkyl halides is 3. The molecule has 230 valence electrons. The number of anilines is 1. The van der Waals surface area contributed by atoms with E-state index in [9.17, 15) is 22.8 Å². The third-order valence-electron chi connectivity index (χ3n) is 7.79. The minimum absolute atomic E-state index is 0.00711. The van der Waals surface area contributed by atoms with Crippen molar-refractivity contribution in [3.8, 4) is 11.5 Å². The third-order valence-corrected chi connectivity index (χ3v) is 8.29. The predicted molar refractivity (Wildman–Crippen MR) is 165 cm³/mol. The van der Waals surface area contributed by atoms with Crippen molar-refractivity contribution in [1.82, 2.24) is 10.2 Å². The number of rotatable bonds is 9. The Balaban J connectivity index is 1.23. The minimum atomic E-state index is -4.56. The highest BCUT2D eigenvalue weighted by atomic mass is 31.0. The van der Waals surface area contributed by atoms with Crippen LogP contribution in [-0.4, -0.2) is 43.2 Å². The highest BCUT2D eigenvalue weighted by Gasteiger charge is 2.46. The summed E-state index contributed by atoms with van der Waals surface area (Å²) in [5.74, 6) is 0.367. The smallest absolute Gasteiger partial charge is 0.417 e. The molecule has 0 spiro atoms. The van der Waals surface area contributed by atoms with Crippen molar-refractivity contribution < 1.29 is 32.2 Å². The molecule has 44 heavy (non-hydrogen) atoms. The number of nitrogens with zero attached hydrogens (tertiary/aromatic N) is 1. The summed E-state index contributed by atoms with van der Waals surface area (Å²) >= 11 is 0. The van der Waals surface area contributed by atoms with E-state index >= 15 is 0 Å². The van der Waals surface area contributed by atoms with Gasteiger partial charge in [-0.1, -0.05) is 24.3 Å². The lowest BCUT2D eigenvalue weighted by Gasteiger charge is -2.27. The molecule has 1 fully saturated rings. The molecule has 1 atom stereocenters. The molecular formula is C32H32F3N4O4P. The van der Waals surface area contributed by atoms with E-state index in [0.717, 1.165) is 30.0 Å². The lowest BCUT2D eigenvalue weighted by molar-refractivity contribution is -0.136. The third kappa shape index (κ3) is 6.73. The van der Waals surface area contributed by atoms with E-state index in [0.29, 0.717) is 36.6 Å². The summed E-state index contributed by atoms with van der Waals surface area (Å²) in [7, 11) is 5.18. The van der Waals surface area contributed by atoms with Crippen LogP contribution in [0.1, 0.15) is 46.3 Å². The number of nitrogens with one attached hydrogen (secondary N) is 3. The van der Waals surface area contributed by atoms with Crippen molar-refractivity contribution >= 4 is 37.8 Å². The van der Waals surface area contributed by atoms with Crippen molar-refractivity contribution in [2.75, 3.05) is 26.1 Å². The quantitative estimate of drug-likeness (QED) is 0.277. The first-order valence-electron chi connectivity index (χ1n) is 13.9. The molecule has 3 aromatic rings. The van der Waals surface area contributed by atoms with Crippen molar-refractivity contribution in [3.05, 3.63) is 94.7 Å². The van der Waals surface area contributed by atoms with Gasteiger partial charge in [-0.2, -0.15) is 13.2 Å². The van der Waals surface area contributed by atoms with E-state index in [4.69, 9.17) is 14.9 Å². The Kier molecular flexibility index (Phi) is 8.70. The Hall–Kier alpha value is -4.37. The van der Waals surface area contributed by atoms with Crippen molar-refractivity contribution in [2.45, 2.75) is 37.5 Å². The van der Waals surface area contributed by atoms with Gasteiger partial charge in [0.15, 0.2) is 11.5 Å². The molecule has 0 aromatic heterocycles. The summed E-state index contributed by atoms with van der Waals surface area (Å²) in [6.07, 6.45) is -1.09.